The van der Waals surface area contributed by atoms with E-state index in [4.69, 9.17) is 0 Å². The number of hydrogen-bond acceptors (Lipinski definition) is 2. The normalized spacial score (nSPS) is 16.2. The lowest BCUT2D eigenvalue weighted by molar-refractivity contribution is -0.121. The molecule has 1 unspecified atom stereocenters. The van der Waals surface area contributed by atoms with E-state index in [0.717, 1.165) is 37.1 Å². The van der Waals surface area contributed by atoms with Gasteiger partial charge < -0.3 is 15.5 Å². The Morgan fingerprint density at radius 2 is 1.80 bits per heavy atom. The van der Waals surface area contributed by atoms with E-state index in [2.05, 4.69) is 42.7 Å². The molecule has 0 saturated carbocycles. The molecule has 0 aromatic heterocycles. The summed E-state index contributed by atoms with van der Waals surface area (Å²) in [4.78, 5) is 26.7. The van der Waals surface area contributed by atoms with Crippen LogP contribution >= 0.6 is 0 Å². The topological polar surface area (TPSA) is 61.4 Å². The highest BCUT2D eigenvalue weighted by molar-refractivity contribution is 5.89. The summed E-state index contributed by atoms with van der Waals surface area (Å²) in [5, 5.41) is 6.00. The maximum absolute atomic E-state index is 12.6. The van der Waals surface area contributed by atoms with Gasteiger partial charge in [0.2, 0.25) is 5.91 Å². The average Bonchev–Trinajstić information content (AvgIpc) is 2.75. The number of rotatable bonds is 6. The Balaban J connectivity index is 1.41. The van der Waals surface area contributed by atoms with Crippen LogP contribution in [0.15, 0.2) is 42.5 Å². The molecule has 1 atom stereocenters. The number of carbonyl (C=O) groups is 2. The van der Waals surface area contributed by atoms with E-state index in [9.17, 15) is 9.59 Å². The third-order valence-electron chi connectivity index (χ3n) is 5.95. The van der Waals surface area contributed by atoms with Crippen LogP contribution in [0.1, 0.15) is 47.9 Å². The molecule has 2 N–H and O–H groups in total. The maximum Gasteiger partial charge on any atom is 0.321 e. The first-order chi connectivity index (χ1) is 14.4. The van der Waals surface area contributed by atoms with Gasteiger partial charge in [0, 0.05) is 31.7 Å². The van der Waals surface area contributed by atoms with Gasteiger partial charge in [-0.25, -0.2) is 4.79 Å². The molecule has 1 heterocycles. The molecule has 0 aliphatic carbocycles. The molecular weight excluding hydrogens is 374 g/mol. The summed E-state index contributed by atoms with van der Waals surface area (Å²) >= 11 is 0. The van der Waals surface area contributed by atoms with Crippen LogP contribution < -0.4 is 10.6 Å². The van der Waals surface area contributed by atoms with E-state index in [0.29, 0.717) is 25.4 Å². The molecule has 2 aromatic rings. The number of nitrogens with one attached hydrogen (secondary N) is 2. The number of carbonyl (C=O) groups excluding carboxylic acids is 2. The van der Waals surface area contributed by atoms with Crippen molar-refractivity contribution in [3.05, 3.63) is 64.7 Å². The minimum absolute atomic E-state index is 0.0530. The van der Waals surface area contributed by atoms with Crippen LogP contribution in [0.3, 0.4) is 0 Å². The fourth-order valence-corrected chi connectivity index (χ4v) is 3.86. The summed E-state index contributed by atoms with van der Waals surface area (Å²) in [6.45, 7) is 8.25. The Kier molecular flexibility index (Phi) is 7.50. The van der Waals surface area contributed by atoms with Gasteiger partial charge in [0.25, 0.3) is 0 Å². The number of aryl methyl sites for hydroxylation is 3. The standard InChI is InChI=1S/C25H33N3O2/c1-18-6-11-23(12-7-18)27-25(30)28-14-4-5-21(17-28)10-13-24(29)26-16-22-9-8-19(2)20(3)15-22/h6-9,11-12,15,21H,4-5,10,13-14,16-17H2,1-3H3,(H,26,29)(H,27,30). The Bertz CT molecular complexity index is 876. The smallest absolute Gasteiger partial charge is 0.321 e. The van der Waals surface area contributed by atoms with Gasteiger partial charge in [0.15, 0.2) is 0 Å². The fraction of sp³-hybridized carbons (Fsp3) is 0.440. The van der Waals surface area contributed by atoms with Crippen LogP contribution in [-0.2, 0) is 11.3 Å². The molecule has 1 aliphatic rings. The number of anilines is 1. The SMILES string of the molecule is Cc1ccc(NC(=O)N2CCCC(CCC(=O)NCc3ccc(C)c(C)c3)C2)cc1. The van der Waals surface area contributed by atoms with Gasteiger partial charge >= 0.3 is 6.03 Å². The van der Waals surface area contributed by atoms with Gasteiger partial charge in [-0.3, -0.25) is 4.79 Å². The van der Waals surface area contributed by atoms with E-state index in [-0.39, 0.29) is 11.9 Å². The van der Waals surface area contributed by atoms with Crippen molar-refractivity contribution in [2.75, 3.05) is 18.4 Å². The van der Waals surface area contributed by atoms with E-state index in [1.54, 1.807) is 0 Å². The second-order valence-electron chi connectivity index (χ2n) is 8.48. The number of nitrogens with zero attached hydrogens (tertiary/aromatic N) is 1. The second kappa shape index (κ2) is 10.3. The van der Waals surface area contributed by atoms with Gasteiger partial charge in [-0.1, -0.05) is 35.9 Å². The molecule has 3 rings (SSSR count). The molecule has 2 aromatic carbocycles. The molecule has 0 spiro atoms. The van der Waals surface area contributed by atoms with Crippen molar-refractivity contribution in [2.24, 2.45) is 5.92 Å². The molecule has 5 heteroatoms. The Hall–Kier alpha value is -2.82. The van der Waals surface area contributed by atoms with Crippen LogP contribution in [0.2, 0.25) is 0 Å². The van der Waals surface area contributed by atoms with Crippen molar-refractivity contribution < 1.29 is 9.59 Å². The van der Waals surface area contributed by atoms with Crippen molar-refractivity contribution in [1.82, 2.24) is 10.2 Å². The summed E-state index contributed by atoms with van der Waals surface area (Å²) in [5.41, 5.74) is 5.62. The van der Waals surface area contributed by atoms with Gasteiger partial charge in [0.05, 0.1) is 0 Å². The van der Waals surface area contributed by atoms with Gasteiger partial charge in [-0.2, -0.15) is 0 Å². The first-order valence-corrected chi connectivity index (χ1v) is 10.9. The van der Waals surface area contributed by atoms with Crippen molar-refractivity contribution in [1.29, 1.82) is 0 Å². The quantitative estimate of drug-likeness (QED) is 0.711. The highest BCUT2D eigenvalue weighted by atomic mass is 16.2. The van der Waals surface area contributed by atoms with Gasteiger partial charge in [-0.15, -0.1) is 0 Å². The molecule has 1 saturated heterocycles. The van der Waals surface area contributed by atoms with Crippen molar-refractivity contribution in [3.63, 3.8) is 0 Å². The Morgan fingerprint density at radius 3 is 2.53 bits per heavy atom. The van der Waals surface area contributed by atoms with Crippen molar-refractivity contribution in [2.45, 2.75) is 53.0 Å². The highest BCUT2D eigenvalue weighted by Crippen LogP contribution is 2.22. The van der Waals surface area contributed by atoms with Gasteiger partial charge in [-0.05, 0) is 74.8 Å². The number of amides is 3. The number of likely N-dealkylation sites (tertiary alicyclic amines) is 1. The van der Waals surface area contributed by atoms with E-state index < -0.39 is 0 Å². The minimum Gasteiger partial charge on any atom is -0.352 e. The van der Waals surface area contributed by atoms with E-state index in [1.165, 1.54) is 16.7 Å². The Morgan fingerprint density at radius 1 is 1.03 bits per heavy atom. The van der Waals surface area contributed by atoms with Crippen LogP contribution in [0.25, 0.3) is 0 Å². The molecule has 1 aliphatic heterocycles. The number of urea groups is 1. The zero-order chi connectivity index (χ0) is 21.5. The Labute approximate surface area is 179 Å². The monoisotopic (exact) mass is 407 g/mol. The van der Waals surface area contributed by atoms with Crippen molar-refractivity contribution >= 4 is 17.6 Å². The lowest BCUT2D eigenvalue weighted by atomic mass is 9.93. The van der Waals surface area contributed by atoms with Crippen LogP contribution in [0.4, 0.5) is 10.5 Å². The molecular formula is C25H33N3O2. The number of benzene rings is 2. The minimum atomic E-state index is -0.0530. The van der Waals surface area contributed by atoms with Gasteiger partial charge in [0.1, 0.15) is 0 Å². The van der Waals surface area contributed by atoms with Crippen LogP contribution in [0, 0.1) is 26.7 Å². The first-order valence-electron chi connectivity index (χ1n) is 10.9. The highest BCUT2D eigenvalue weighted by Gasteiger charge is 2.24. The zero-order valence-electron chi connectivity index (χ0n) is 18.3. The molecule has 160 valence electrons. The van der Waals surface area contributed by atoms with Crippen LogP contribution in [-0.4, -0.2) is 29.9 Å². The lowest BCUT2D eigenvalue weighted by Crippen LogP contribution is -2.42. The molecule has 5 nitrogen and oxygen atoms in total. The summed E-state index contributed by atoms with van der Waals surface area (Å²) in [6.07, 6.45) is 3.37. The number of hydrogen-bond donors (Lipinski definition) is 2. The molecule has 3 amide bonds. The molecule has 30 heavy (non-hydrogen) atoms. The first kappa shape index (κ1) is 21.9. The predicted molar refractivity (Wildman–Crippen MR) is 121 cm³/mol. The second-order valence-corrected chi connectivity index (χ2v) is 8.48. The zero-order valence-corrected chi connectivity index (χ0v) is 18.3. The largest absolute Gasteiger partial charge is 0.352 e. The summed E-state index contributed by atoms with van der Waals surface area (Å²) in [7, 11) is 0. The molecule has 0 bridgehead atoms. The average molecular weight is 408 g/mol. The third-order valence-corrected chi connectivity index (χ3v) is 5.95. The molecule has 0 radical (unpaired) electrons. The fourth-order valence-electron chi connectivity index (χ4n) is 3.86. The summed E-state index contributed by atoms with van der Waals surface area (Å²) in [6, 6.07) is 14.1. The third kappa shape index (κ3) is 6.34. The summed E-state index contributed by atoms with van der Waals surface area (Å²) in [5.74, 6) is 0.448. The lowest BCUT2D eigenvalue weighted by Gasteiger charge is -2.32. The van der Waals surface area contributed by atoms with E-state index in [1.807, 2.05) is 36.1 Å². The van der Waals surface area contributed by atoms with Crippen LogP contribution in [0.5, 0.6) is 0 Å². The predicted octanol–water partition coefficient (Wildman–Crippen LogP) is 4.95. The molecule has 1 fully saturated rings. The number of piperidine rings is 1. The maximum atomic E-state index is 12.6. The van der Waals surface area contributed by atoms with E-state index >= 15 is 0 Å². The summed E-state index contributed by atoms with van der Waals surface area (Å²) < 4.78 is 0. The van der Waals surface area contributed by atoms with Crippen molar-refractivity contribution in [3.8, 4) is 0 Å².